The minimum atomic E-state index is 0.395. The molecule has 0 spiro atoms. The normalized spacial score (nSPS) is 11.2. The van der Waals surface area contributed by atoms with Gasteiger partial charge in [-0.2, -0.15) is 10.2 Å². The summed E-state index contributed by atoms with van der Waals surface area (Å²) in [6, 6.07) is 10.2. The van der Waals surface area contributed by atoms with Crippen molar-refractivity contribution in [1.82, 2.24) is 20.0 Å². The van der Waals surface area contributed by atoms with E-state index in [4.69, 9.17) is 0 Å². The van der Waals surface area contributed by atoms with E-state index in [0.717, 1.165) is 16.7 Å². The predicted molar refractivity (Wildman–Crippen MR) is 84.2 cm³/mol. The molecular weight excluding hydrogens is 262 g/mol. The monoisotopic (exact) mass is 281 g/mol. The highest BCUT2D eigenvalue weighted by Crippen LogP contribution is 2.27. The Hall–Kier alpha value is -2.43. The van der Waals surface area contributed by atoms with Crippen LogP contribution in [-0.2, 0) is 13.6 Å². The number of hydrogen-bond donors (Lipinski definition) is 1. The molecule has 0 fully saturated rings. The number of aryl methyl sites for hydroxylation is 1. The van der Waals surface area contributed by atoms with Gasteiger partial charge in [0.15, 0.2) is 5.82 Å². The first-order chi connectivity index (χ1) is 10.2. The maximum Gasteiger partial charge on any atom is 0.177 e. The Morgan fingerprint density at radius 1 is 1.19 bits per heavy atom. The van der Waals surface area contributed by atoms with E-state index in [2.05, 4.69) is 46.6 Å². The van der Waals surface area contributed by atoms with Crippen LogP contribution in [0, 0.1) is 0 Å². The minimum absolute atomic E-state index is 0.395. The van der Waals surface area contributed by atoms with Gasteiger partial charge in [-0.1, -0.05) is 44.2 Å². The lowest BCUT2D eigenvalue weighted by molar-refractivity contribution is 0.677. The van der Waals surface area contributed by atoms with Crippen LogP contribution < -0.4 is 5.32 Å². The summed E-state index contributed by atoms with van der Waals surface area (Å²) in [5, 5.41) is 17.3. The zero-order valence-corrected chi connectivity index (χ0v) is 12.5. The van der Waals surface area contributed by atoms with Gasteiger partial charge in [-0.25, -0.2) is 0 Å². The van der Waals surface area contributed by atoms with Gasteiger partial charge in [0, 0.05) is 19.0 Å². The Morgan fingerprint density at radius 3 is 2.67 bits per heavy atom. The molecule has 5 heteroatoms. The molecule has 0 bridgehead atoms. The zero-order valence-electron chi connectivity index (χ0n) is 12.5. The second-order valence-electron chi connectivity index (χ2n) is 5.46. The minimum Gasteiger partial charge on any atom is -0.363 e. The first-order valence-corrected chi connectivity index (χ1v) is 7.13. The highest BCUT2D eigenvalue weighted by atomic mass is 15.3. The first kappa shape index (κ1) is 13.5. The van der Waals surface area contributed by atoms with Gasteiger partial charge >= 0.3 is 0 Å². The molecule has 3 aromatic rings. The molecule has 0 aliphatic rings. The number of nitrogens with zero attached hydrogens (tertiary/aromatic N) is 4. The molecule has 0 atom stereocenters. The van der Waals surface area contributed by atoms with Gasteiger partial charge in [-0.3, -0.25) is 4.68 Å². The molecule has 2 heterocycles. The molecule has 0 saturated carbocycles. The fourth-order valence-electron chi connectivity index (χ4n) is 2.63. The molecule has 21 heavy (non-hydrogen) atoms. The highest BCUT2D eigenvalue weighted by Gasteiger charge is 2.16. The van der Waals surface area contributed by atoms with Gasteiger partial charge in [0.05, 0.1) is 11.9 Å². The first-order valence-electron chi connectivity index (χ1n) is 7.13. The number of benzene rings is 1. The molecule has 0 amide bonds. The van der Waals surface area contributed by atoms with Gasteiger partial charge in [-0.15, -0.1) is 5.10 Å². The third-order valence-corrected chi connectivity index (χ3v) is 3.55. The molecule has 0 unspecified atom stereocenters. The lowest BCUT2D eigenvalue weighted by atomic mass is 10.1. The van der Waals surface area contributed by atoms with Crippen molar-refractivity contribution < 1.29 is 0 Å². The van der Waals surface area contributed by atoms with E-state index in [1.54, 1.807) is 6.20 Å². The molecule has 5 nitrogen and oxygen atoms in total. The number of nitrogens with one attached hydrogen (secondary N) is 1. The van der Waals surface area contributed by atoms with Gasteiger partial charge in [-0.05, 0) is 11.5 Å². The van der Waals surface area contributed by atoms with Crippen LogP contribution in [0.25, 0.3) is 10.9 Å². The van der Waals surface area contributed by atoms with Crippen molar-refractivity contribution in [2.45, 2.75) is 26.3 Å². The molecule has 2 aromatic heterocycles. The Morgan fingerprint density at radius 2 is 1.95 bits per heavy atom. The van der Waals surface area contributed by atoms with E-state index in [9.17, 15) is 0 Å². The highest BCUT2D eigenvalue weighted by molar-refractivity contribution is 5.89. The molecule has 0 radical (unpaired) electrons. The molecule has 0 aliphatic heterocycles. The number of fused-ring (bicyclic) bond motifs is 1. The molecule has 1 N–H and O–H groups in total. The van der Waals surface area contributed by atoms with E-state index < -0.39 is 0 Å². The van der Waals surface area contributed by atoms with Gasteiger partial charge in [0.2, 0.25) is 0 Å². The lowest BCUT2D eigenvalue weighted by Gasteiger charge is -2.06. The zero-order chi connectivity index (χ0) is 14.8. The average Bonchev–Trinajstić information content (AvgIpc) is 2.82. The van der Waals surface area contributed by atoms with Crippen molar-refractivity contribution in [2.75, 3.05) is 5.32 Å². The largest absolute Gasteiger partial charge is 0.363 e. The standard InChI is InChI=1S/C16H19N5/c1-11(2)15-13-10-18-19-16(14(13)20-21(15)3)17-9-12-7-5-4-6-8-12/h4-8,10-11H,9H2,1-3H3,(H,17,19). The Labute approximate surface area is 124 Å². The average molecular weight is 281 g/mol. The molecular formula is C16H19N5. The van der Waals surface area contributed by atoms with Crippen molar-refractivity contribution in [3.05, 3.63) is 47.8 Å². The summed E-state index contributed by atoms with van der Waals surface area (Å²) in [6.07, 6.45) is 1.80. The quantitative estimate of drug-likeness (QED) is 0.798. The number of hydrogen-bond acceptors (Lipinski definition) is 4. The second-order valence-corrected chi connectivity index (χ2v) is 5.46. The predicted octanol–water partition coefficient (Wildman–Crippen LogP) is 3.10. The second kappa shape index (κ2) is 5.52. The molecule has 0 aliphatic carbocycles. The van der Waals surface area contributed by atoms with Crippen LogP contribution in [0.2, 0.25) is 0 Å². The summed E-state index contributed by atoms with van der Waals surface area (Å²) >= 11 is 0. The Bertz CT molecular complexity index is 746. The third kappa shape index (κ3) is 2.59. The van der Waals surface area contributed by atoms with Crippen LogP contribution in [0.1, 0.15) is 31.0 Å². The van der Waals surface area contributed by atoms with Crippen LogP contribution in [0.15, 0.2) is 36.5 Å². The topological polar surface area (TPSA) is 55.6 Å². The van der Waals surface area contributed by atoms with Crippen LogP contribution in [0.5, 0.6) is 0 Å². The van der Waals surface area contributed by atoms with E-state index in [1.807, 2.05) is 29.9 Å². The maximum atomic E-state index is 4.60. The number of anilines is 1. The fraction of sp³-hybridized carbons (Fsp3) is 0.312. The van der Waals surface area contributed by atoms with Crippen LogP contribution in [0.3, 0.4) is 0 Å². The molecule has 3 rings (SSSR count). The SMILES string of the molecule is CC(C)c1c2cnnc(NCc3ccccc3)c2nn1C. The van der Waals surface area contributed by atoms with Crippen LogP contribution >= 0.6 is 0 Å². The van der Waals surface area contributed by atoms with E-state index in [-0.39, 0.29) is 0 Å². The fourth-order valence-corrected chi connectivity index (χ4v) is 2.63. The van der Waals surface area contributed by atoms with Crippen molar-refractivity contribution in [1.29, 1.82) is 0 Å². The number of rotatable bonds is 4. The maximum absolute atomic E-state index is 4.60. The summed E-state index contributed by atoms with van der Waals surface area (Å²) in [5.74, 6) is 1.13. The third-order valence-electron chi connectivity index (χ3n) is 3.55. The van der Waals surface area contributed by atoms with Gasteiger partial charge in [0.1, 0.15) is 5.52 Å². The van der Waals surface area contributed by atoms with Crippen LogP contribution in [0.4, 0.5) is 5.82 Å². The van der Waals surface area contributed by atoms with E-state index in [0.29, 0.717) is 12.5 Å². The van der Waals surface area contributed by atoms with Gasteiger partial charge in [0.25, 0.3) is 0 Å². The van der Waals surface area contributed by atoms with Crippen molar-refractivity contribution >= 4 is 16.7 Å². The summed E-state index contributed by atoms with van der Waals surface area (Å²) < 4.78 is 1.92. The molecule has 108 valence electrons. The van der Waals surface area contributed by atoms with Crippen molar-refractivity contribution in [2.24, 2.45) is 7.05 Å². The number of aromatic nitrogens is 4. The summed E-state index contributed by atoms with van der Waals surface area (Å²) in [4.78, 5) is 0. The molecule has 1 aromatic carbocycles. The van der Waals surface area contributed by atoms with Crippen molar-refractivity contribution in [3.63, 3.8) is 0 Å². The Balaban J connectivity index is 1.94. The lowest BCUT2D eigenvalue weighted by Crippen LogP contribution is -2.03. The smallest absolute Gasteiger partial charge is 0.177 e. The van der Waals surface area contributed by atoms with E-state index in [1.165, 1.54) is 11.3 Å². The summed E-state index contributed by atoms with van der Waals surface area (Å²) in [5.41, 5.74) is 3.27. The van der Waals surface area contributed by atoms with Crippen LogP contribution in [-0.4, -0.2) is 20.0 Å². The molecule has 0 saturated heterocycles. The summed E-state index contributed by atoms with van der Waals surface area (Å²) in [7, 11) is 1.97. The Kier molecular flexibility index (Phi) is 3.56. The van der Waals surface area contributed by atoms with E-state index >= 15 is 0 Å². The van der Waals surface area contributed by atoms with Crippen molar-refractivity contribution in [3.8, 4) is 0 Å². The van der Waals surface area contributed by atoms with Gasteiger partial charge < -0.3 is 5.32 Å². The summed E-state index contributed by atoms with van der Waals surface area (Å²) in [6.45, 7) is 5.03.